The Hall–Kier alpha value is -3.06. The first-order valence-corrected chi connectivity index (χ1v) is 22.6. The van der Waals surface area contributed by atoms with Gasteiger partial charge in [0.1, 0.15) is 55.4 Å². The van der Waals surface area contributed by atoms with Gasteiger partial charge in [0, 0.05) is 12.8 Å². The number of hydrogen-bond donors (Lipinski definition) is 7. The summed E-state index contributed by atoms with van der Waals surface area (Å²) in [6.07, 6.45) is 21.1. The number of aliphatic hydroxyl groups excluding tert-OH is 7. The molecule has 2 rings (SSSR count). The van der Waals surface area contributed by atoms with Gasteiger partial charge in [-0.2, -0.15) is 0 Å². The lowest BCUT2D eigenvalue weighted by Gasteiger charge is -2.42. The Bertz CT molecular complexity index is 1360. The van der Waals surface area contributed by atoms with Crippen LogP contribution in [0.3, 0.4) is 0 Å². The molecule has 0 aliphatic carbocycles. The molecule has 0 spiro atoms. The number of allylic oxidation sites excluding steroid dienone is 12. The second-order valence-electron chi connectivity index (χ2n) is 15.6. The van der Waals surface area contributed by atoms with Crippen LogP contribution in [0.1, 0.15) is 117 Å². The maximum atomic E-state index is 12.9. The summed E-state index contributed by atoms with van der Waals surface area (Å²) in [5.41, 5.74) is 0. The van der Waals surface area contributed by atoms with Gasteiger partial charge in [0.15, 0.2) is 18.7 Å². The van der Waals surface area contributed by atoms with Crippen molar-refractivity contribution in [2.75, 3.05) is 26.4 Å². The second kappa shape index (κ2) is 34.4. The molecule has 0 bridgehead atoms. The Morgan fingerprint density at radius 1 is 0.548 bits per heavy atom. The Labute approximate surface area is 368 Å². The molecule has 11 atom stereocenters. The van der Waals surface area contributed by atoms with Crippen LogP contribution in [0.2, 0.25) is 0 Å². The third-order valence-electron chi connectivity index (χ3n) is 10.3. The zero-order chi connectivity index (χ0) is 45.4. The minimum Gasteiger partial charge on any atom is -0.462 e. The molecular weight excluding hydrogens is 805 g/mol. The van der Waals surface area contributed by atoms with Gasteiger partial charge in [0.05, 0.1) is 19.8 Å². The fourth-order valence-electron chi connectivity index (χ4n) is 6.51. The summed E-state index contributed by atoms with van der Waals surface area (Å²) in [5, 5.41) is 71.8. The van der Waals surface area contributed by atoms with Crippen LogP contribution in [0.15, 0.2) is 72.9 Å². The van der Waals surface area contributed by atoms with Crippen LogP contribution in [-0.2, 0) is 38.0 Å². The molecule has 0 aromatic heterocycles. The molecule has 0 saturated carbocycles. The van der Waals surface area contributed by atoms with Crippen molar-refractivity contribution in [3.63, 3.8) is 0 Å². The van der Waals surface area contributed by atoms with Crippen LogP contribution in [0, 0.1) is 0 Å². The largest absolute Gasteiger partial charge is 0.462 e. The topological polar surface area (TPSA) is 231 Å². The molecule has 0 amide bonds. The van der Waals surface area contributed by atoms with Gasteiger partial charge in [0.25, 0.3) is 0 Å². The maximum Gasteiger partial charge on any atom is 0.306 e. The fraction of sp³-hybridized carbons (Fsp3) is 0.702. The Kier molecular flexibility index (Phi) is 30.5. The Balaban J connectivity index is 1.91. The van der Waals surface area contributed by atoms with E-state index in [1.165, 1.54) is 38.5 Å². The molecule has 15 nitrogen and oxygen atoms in total. The van der Waals surface area contributed by atoms with E-state index in [9.17, 15) is 45.3 Å². The van der Waals surface area contributed by atoms with Gasteiger partial charge in [-0.25, -0.2) is 0 Å². The van der Waals surface area contributed by atoms with Crippen molar-refractivity contribution in [3.8, 4) is 0 Å². The van der Waals surface area contributed by atoms with Crippen molar-refractivity contribution in [1.29, 1.82) is 0 Å². The number of carbonyl (C=O) groups excluding carboxylic acids is 2. The van der Waals surface area contributed by atoms with Gasteiger partial charge in [-0.15, -0.1) is 0 Å². The van der Waals surface area contributed by atoms with E-state index >= 15 is 0 Å². The van der Waals surface area contributed by atoms with E-state index in [2.05, 4.69) is 38.2 Å². The number of unbranched alkanes of at least 4 members (excludes halogenated alkanes) is 9. The van der Waals surface area contributed by atoms with Crippen LogP contribution < -0.4 is 0 Å². The molecule has 7 N–H and O–H groups in total. The SMILES string of the molecule is CC/C=C/C=C/C=C/C=C/CCCCCC(=O)OC(COC(=O)CC/C=C/C/C=C/CCCCCCCC)CO[C@@H]1O[C@H](CO[C@@H]2O[C@H](CO)[C@H](O)C(O)C2O)[C@H](O)C(O)C1O. The first-order chi connectivity index (χ1) is 30.0. The summed E-state index contributed by atoms with van der Waals surface area (Å²) in [6, 6.07) is 0. The predicted octanol–water partition coefficient (Wildman–Crippen LogP) is 4.70. The molecule has 2 heterocycles. The molecule has 0 aromatic carbocycles. The molecule has 5 unspecified atom stereocenters. The van der Waals surface area contributed by atoms with Crippen molar-refractivity contribution < 1.29 is 73.8 Å². The molecule has 2 aliphatic heterocycles. The molecule has 2 fully saturated rings. The zero-order valence-corrected chi connectivity index (χ0v) is 36.8. The van der Waals surface area contributed by atoms with Gasteiger partial charge in [-0.3, -0.25) is 9.59 Å². The van der Waals surface area contributed by atoms with Crippen LogP contribution >= 0.6 is 0 Å². The lowest BCUT2D eigenvalue weighted by Crippen LogP contribution is -2.61. The van der Waals surface area contributed by atoms with Gasteiger partial charge in [-0.05, 0) is 51.4 Å². The van der Waals surface area contributed by atoms with E-state index in [1.54, 1.807) is 0 Å². The summed E-state index contributed by atoms with van der Waals surface area (Å²) in [6.45, 7) is 2.29. The van der Waals surface area contributed by atoms with Gasteiger partial charge in [-0.1, -0.05) is 125 Å². The minimum absolute atomic E-state index is 0.0986. The first-order valence-electron chi connectivity index (χ1n) is 22.6. The Morgan fingerprint density at radius 3 is 1.79 bits per heavy atom. The number of carbonyl (C=O) groups is 2. The summed E-state index contributed by atoms with van der Waals surface area (Å²) < 4.78 is 33.3. The minimum atomic E-state index is -1.78. The zero-order valence-electron chi connectivity index (χ0n) is 36.8. The monoisotopic (exact) mass is 881 g/mol. The first kappa shape index (κ1) is 55.1. The molecule has 0 aromatic rings. The van der Waals surface area contributed by atoms with E-state index in [0.29, 0.717) is 12.8 Å². The van der Waals surface area contributed by atoms with E-state index in [1.807, 2.05) is 48.6 Å². The van der Waals surface area contributed by atoms with Crippen LogP contribution in [0.4, 0.5) is 0 Å². The molecule has 2 aliphatic rings. The summed E-state index contributed by atoms with van der Waals surface area (Å²) in [5.74, 6) is -1.06. The standard InChI is InChI=1S/C47H76O15/c1-3-5-7-9-11-13-15-17-19-21-23-25-27-29-38(49)57-32-35(60-39(50)30-28-26-24-22-20-18-16-14-12-10-8-6-4-2)33-58-46-45(56)43(54)41(52)37(62-46)34-59-47-44(55)42(53)40(51)36(31-48)61-47/h6,8,10,12,14,16-20,23,25,35-37,40-48,51-56H,3-5,7,9,11,13,15,21-22,24,26-34H2,1-2H3/b8-6+,12-10+,16-14+,19-17+,20-18+,25-23+/t35?,36-,37-,40+,41+,42?,43?,44?,45?,46-,47-/m1/s1. The summed E-state index contributed by atoms with van der Waals surface area (Å²) in [7, 11) is 0. The lowest BCUT2D eigenvalue weighted by molar-refractivity contribution is -0.332. The normalized spacial score (nSPS) is 27.8. The third-order valence-corrected chi connectivity index (χ3v) is 10.3. The molecule has 0 radical (unpaired) electrons. The Morgan fingerprint density at radius 2 is 1.11 bits per heavy atom. The van der Waals surface area contributed by atoms with E-state index in [-0.39, 0.29) is 19.4 Å². The van der Waals surface area contributed by atoms with E-state index in [4.69, 9.17) is 28.4 Å². The highest BCUT2D eigenvalue weighted by molar-refractivity contribution is 5.70. The number of esters is 2. The third kappa shape index (κ3) is 23.0. The van der Waals surface area contributed by atoms with Crippen molar-refractivity contribution in [2.24, 2.45) is 0 Å². The van der Waals surface area contributed by atoms with Crippen molar-refractivity contribution in [3.05, 3.63) is 72.9 Å². The van der Waals surface area contributed by atoms with Gasteiger partial charge >= 0.3 is 11.9 Å². The molecule has 62 heavy (non-hydrogen) atoms. The number of hydrogen-bond acceptors (Lipinski definition) is 15. The van der Waals surface area contributed by atoms with E-state index in [0.717, 1.165) is 38.5 Å². The highest BCUT2D eigenvalue weighted by Crippen LogP contribution is 2.26. The molecule has 15 heteroatoms. The summed E-state index contributed by atoms with van der Waals surface area (Å²) in [4.78, 5) is 25.6. The van der Waals surface area contributed by atoms with Gasteiger partial charge < -0.3 is 64.2 Å². The van der Waals surface area contributed by atoms with Crippen LogP contribution in [0.25, 0.3) is 0 Å². The maximum absolute atomic E-state index is 12.9. The molecular formula is C47H76O15. The quantitative estimate of drug-likeness (QED) is 0.0210. The average molecular weight is 881 g/mol. The number of rotatable bonds is 32. The lowest BCUT2D eigenvalue weighted by atomic mass is 9.98. The van der Waals surface area contributed by atoms with Crippen LogP contribution in [-0.4, -0.2) is 142 Å². The number of aliphatic hydroxyl groups is 7. The van der Waals surface area contributed by atoms with Crippen LogP contribution in [0.5, 0.6) is 0 Å². The molecule has 2 saturated heterocycles. The van der Waals surface area contributed by atoms with Crippen molar-refractivity contribution in [2.45, 2.75) is 184 Å². The van der Waals surface area contributed by atoms with E-state index < -0.39 is 99.3 Å². The predicted molar refractivity (Wildman–Crippen MR) is 233 cm³/mol. The van der Waals surface area contributed by atoms with Crippen molar-refractivity contribution >= 4 is 11.9 Å². The fourth-order valence-corrected chi connectivity index (χ4v) is 6.51. The van der Waals surface area contributed by atoms with Crippen molar-refractivity contribution in [1.82, 2.24) is 0 Å². The number of ether oxygens (including phenoxy) is 6. The highest BCUT2D eigenvalue weighted by Gasteiger charge is 2.47. The highest BCUT2D eigenvalue weighted by atomic mass is 16.7. The smallest absolute Gasteiger partial charge is 0.306 e. The van der Waals surface area contributed by atoms with Gasteiger partial charge in [0.2, 0.25) is 0 Å². The molecule has 354 valence electrons. The average Bonchev–Trinajstić information content (AvgIpc) is 3.26. The summed E-state index contributed by atoms with van der Waals surface area (Å²) >= 11 is 0. The second-order valence-corrected chi connectivity index (χ2v) is 15.6.